The van der Waals surface area contributed by atoms with E-state index in [1.807, 2.05) is 0 Å². The summed E-state index contributed by atoms with van der Waals surface area (Å²) < 4.78 is 32.4. The van der Waals surface area contributed by atoms with Crippen molar-refractivity contribution < 1.29 is 13.6 Å². The van der Waals surface area contributed by atoms with Crippen LogP contribution in [0.4, 0.5) is 14.6 Å². The average molecular weight is 511 g/mol. The molecule has 8 heteroatoms. The molecule has 2 aliphatic rings. The summed E-state index contributed by atoms with van der Waals surface area (Å²) in [5.74, 6) is 0.139. The second kappa shape index (κ2) is 11.5. The second-order valence-corrected chi connectivity index (χ2v) is 10.7. The number of rotatable bonds is 7. The number of fused-ring (bicyclic) bond motifs is 1. The minimum atomic E-state index is -0.914. The quantitative estimate of drug-likeness (QED) is 0.437. The SMILES string of the molecule is O=C(C=Cc1ccc(F)c(F)c1)NC[C@H]1CCCC[C@@H]1CN1CCN(c2nsc3ccccc23)CC1. The molecule has 5 rings (SSSR count). The van der Waals surface area contributed by atoms with Crippen LogP contribution in [0.3, 0.4) is 0 Å². The van der Waals surface area contributed by atoms with Crippen LogP contribution in [-0.2, 0) is 4.79 Å². The summed E-state index contributed by atoms with van der Waals surface area (Å²) in [4.78, 5) is 17.3. The van der Waals surface area contributed by atoms with Crippen molar-refractivity contribution in [3.05, 3.63) is 65.7 Å². The van der Waals surface area contributed by atoms with Gasteiger partial charge in [0.2, 0.25) is 5.91 Å². The molecule has 0 unspecified atom stereocenters. The van der Waals surface area contributed by atoms with Gasteiger partial charge in [-0.05, 0) is 72.1 Å². The van der Waals surface area contributed by atoms with Crippen LogP contribution in [0.25, 0.3) is 16.2 Å². The number of hydrogen-bond donors (Lipinski definition) is 1. The second-order valence-electron chi connectivity index (χ2n) is 9.85. The van der Waals surface area contributed by atoms with Crippen molar-refractivity contribution in [3.63, 3.8) is 0 Å². The lowest BCUT2D eigenvalue weighted by Crippen LogP contribution is -2.49. The first-order chi connectivity index (χ1) is 17.6. The number of anilines is 1. The fourth-order valence-electron chi connectivity index (χ4n) is 5.45. The van der Waals surface area contributed by atoms with E-state index in [0.29, 0.717) is 23.9 Å². The maximum atomic E-state index is 13.4. The van der Waals surface area contributed by atoms with Crippen molar-refractivity contribution in [1.29, 1.82) is 0 Å². The normalized spacial score (nSPS) is 21.3. The van der Waals surface area contributed by atoms with Gasteiger partial charge in [0.05, 0.1) is 4.70 Å². The van der Waals surface area contributed by atoms with Crippen molar-refractivity contribution in [2.45, 2.75) is 25.7 Å². The van der Waals surface area contributed by atoms with E-state index in [1.165, 1.54) is 47.6 Å². The van der Waals surface area contributed by atoms with Gasteiger partial charge in [0.1, 0.15) is 5.82 Å². The van der Waals surface area contributed by atoms with Gasteiger partial charge >= 0.3 is 0 Å². The molecule has 1 amide bonds. The van der Waals surface area contributed by atoms with Gasteiger partial charge in [-0.2, -0.15) is 4.37 Å². The van der Waals surface area contributed by atoms with E-state index in [-0.39, 0.29) is 5.91 Å². The molecule has 2 atom stereocenters. The van der Waals surface area contributed by atoms with Crippen LogP contribution in [0.15, 0.2) is 48.5 Å². The number of nitrogens with zero attached hydrogens (tertiary/aromatic N) is 3. The molecule has 2 aromatic carbocycles. The van der Waals surface area contributed by atoms with E-state index in [2.05, 4.69) is 39.4 Å². The zero-order valence-electron chi connectivity index (χ0n) is 20.3. The van der Waals surface area contributed by atoms with E-state index in [9.17, 15) is 13.6 Å². The van der Waals surface area contributed by atoms with Crippen LogP contribution in [-0.4, -0.2) is 54.4 Å². The Morgan fingerprint density at radius 1 is 1.03 bits per heavy atom. The predicted molar refractivity (Wildman–Crippen MR) is 142 cm³/mol. The Morgan fingerprint density at radius 2 is 1.81 bits per heavy atom. The highest BCUT2D eigenvalue weighted by Crippen LogP contribution is 2.32. The number of aromatic nitrogens is 1. The molecule has 1 aliphatic carbocycles. The molecule has 0 radical (unpaired) electrons. The largest absolute Gasteiger partial charge is 0.353 e. The monoisotopic (exact) mass is 510 g/mol. The fourth-order valence-corrected chi connectivity index (χ4v) is 6.24. The summed E-state index contributed by atoms with van der Waals surface area (Å²) in [5.41, 5.74) is 0.462. The molecule has 36 heavy (non-hydrogen) atoms. The number of carbonyl (C=O) groups excluding carboxylic acids is 1. The van der Waals surface area contributed by atoms with Gasteiger partial charge in [0, 0.05) is 50.7 Å². The summed E-state index contributed by atoms with van der Waals surface area (Å²) in [5, 5.41) is 4.28. The summed E-state index contributed by atoms with van der Waals surface area (Å²) in [6.07, 6.45) is 7.68. The number of amides is 1. The number of halogens is 2. The molecule has 1 saturated heterocycles. The zero-order chi connectivity index (χ0) is 24.9. The van der Waals surface area contributed by atoms with E-state index in [1.54, 1.807) is 11.5 Å². The van der Waals surface area contributed by atoms with Crippen molar-refractivity contribution in [2.24, 2.45) is 11.8 Å². The Bertz CT molecular complexity index is 1220. The van der Waals surface area contributed by atoms with Crippen molar-refractivity contribution >= 4 is 39.4 Å². The predicted octanol–water partition coefficient (Wildman–Crippen LogP) is 5.33. The summed E-state index contributed by atoms with van der Waals surface area (Å²) in [6, 6.07) is 12.0. The first kappa shape index (κ1) is 24.8. The molecule has 0 spiro atoms. The van der Waals surface area contributed by atoms with Crippen LogP contribution in [0.5, 0.6) is 0 Å². The highest BCUT2D eigenvalue weighted by atomic mass is 32.1. The Kier molecular flexibility index (Phi) is 7.92. The van der Waals surface area contributed by atoms with Crippen LogP contribution >= 0.6 is 11.5 Å². The summed E-state index contributed by atoms with van der Waals surface area (Å²) in [7, 11) is 0. The number of benzene rings is 2. The molecule has 1 aromatic heterocycles. The lowest BCUT2D eigenvalue weighted by atomic mass is 9.78. The van der Waals surface area contributed by atoms with Gasteiger partial charge in [-0.15, -0.1) is 0 Å². The zero-order valence-corrected chi connectivity index (χ0v) is 21.2. The average Bonchev–Trinajstić information content (AvgIpc) is 3.33. The molecule has 5 nitrogen and oxygen atoms in total. The van der Waals surface area contributed by atoms with E-state index >= 15 is 0 Å². The third kappa shape index (κ3) is 5.93. The van der Waals surface area contributed by atoms with Crippen LogP contribution < -0.4 is 10.2 Å². The third-order valence-electron chi connectivity index (χ3n) is 7.50. The fraction of sp³-hybridized carbons (Fsp3) is 0.429. The Balaban J connectivity index is 1.11. The van der Waals surface area contributed by atoms with Crippen LogP contribution in [0, 0.1) is 23.5 Å². The lowest BCUT2D eigenvalue weighted by molar-refractivity contribution is -0.116. The minimum absolute atomic E-state index is 0.201. The molecule has 3 aromatic rings. The van der Waals surface area contributed by atoms with Gasteiger partial charge < -0.3 is 10.2 Å². The summed E-state index contributed by atoms with van der Waals surface area (Å²) in [6.45, 7) is 5.73. The minimum Gasteiger partial charge on any atom is -0.353 e. The maximum Gasteiger partial charge on any atom is 0.244 e. The molecule has 1 aliphatic heterocycles. The van der Waals surface area contributed by atoms with Crippen LogP contribution in [0.1, 0.15) is 31.2 Å². The highest BCUT2D eigenvalue weighted by molar-refractivity contribution is 7.13. The number of hydrogen-bond acceptors (Lipinski definition) is 5. The van der Waals surface area contributed by atoms with Crippen LogP contribution in [0.2, 0.25) is 0 Å². The van der Waals surface area contributed by atoms with Crippen molar-refractivity contribution in [3.8, 4) is 0 Å². The topological polar surface area (TPSA) is 48.5 Å². The highest BCUT2D eigenvalue weighted by Gasteiger charge is 2.29. The molecular weight excluding hydrogens is 478 g/mol. The third-order valence-corrected chi connectivity index (χ3v) is 8.32. The Hall–Kier alpha value is -2.84. The van der Waals surface area contributed by atoms with E-state index < -0.39 is 11.6 Å². The molecule has 0 bridgehead atoms. The lowest BCUT2D eigenvalue weighted by Gasteiger charge is -2.40. The molecular formula is C28H32F2N4OS. The molecule has 2 fully saturated rings. The molecule has 2 heterocycles. The first-order valence-corrected chi connectivity index (χ1v) is 13.6. The van der Waals surface area contributed by atoms with Gasteiger partial charge in [0.25, 0.3) is 0 Å². The smallest absolute Gasteiger partial charge is 0.244 e. The van der Waals surface area contributed by atoms with Gasteiger partial charge in [-0.1, -0.05) is 31.0 Å². The molecule has 1 N–H and O–H groups in total. The van der Waals surface area contributed by atoms with E-state index in [4.69, 9.17) is 4.37 Å². The van der Waals surface area contributed by atoms with Gasteiger partial charge in [-0.3, -0.25) is 9.69 Å². The van der Waals surface area contributed by atoms with Crippen molar-refractivity contribution in [1.82, 2.24) is 14.6 Å². The number of carbonyl (C=O) groups is 1. The maximum absolute atomic E-state index is 13.4. The molecule has 190 valence electrons. The van der Waals surface area contributed by atoms with Gasteiger partial charge in [-0.25, -0.2) is 8.78 Å². The Labute approximate surface area is 215 Å². The number of piperazine rings is 1. The van der Waals surface area contributed by atoms with Crippen molar-refractivity contribution in [2.75, 3.05) is 44.2 Å². The van der Waals surface area contributed by atoms with E-state index in [0.717, 1.165) is 57.1 Å². The standard InChI is InChI=1S/C28H32F2N4OS/c29-24-11-9-20(17-25(24)30)10-12-27(35)31-18-21-5-1-2-6-22(21)19-33-13-15-34(16-14-33)28-23-7-3-4-8-26(23)36-32-28/h3-4,7-12,17,21-22H,1-2,5-6,13-16,18-19H2,(H,31,35)/t21-,22-/m1/s1. The summed E-state index contributed by atoms with van der Waals surface area (Å²) >= 11 is 1.57. The van der Waals surface area contributed by atoms with Gasteiger partial charge in [0.15, 0.2) is 11.6 Å². The Morgan fingerprint density at radius 3 is 2.61 bits per heavy atom. The first-order valence-electron chi connectivity index (χ1n) is 12.8. The molecule has 1 saturated carbocycles. The number of nitrogens with one attached hydrogen (secondary N) is 1.